The Kier molecular flexibility index (Phi) is 9.98. The van der Waals surface area contributed by atoms with E-state index in [1.165, 1.54) is 0 Å². The minimum atomic E-state index is -0.747. The van der Waals surface area contributed by atoms with E-state index in [0.29, 0.717) is 59.2 Å². The molecule has 3 N–H and O–H groups in total. The third kappa shape index (κ3) is 8.05. The number of esters is 1. The fraction of sp³-hybridized carbons (Fsp3) is 0.500. The Morgan fingerprint density at radius 3 is 2.40 bits per heavy atom. The molecule has 1 aromatic heterocycles. The van der Waals surface area contributed by atoms with E-state index < -0.39 is 28.6 Å². The van der Waals surface area contributed by atoms with Gasteiger partial charge in [-0.2, -0.15) is 5.26 Å². The number of nitriles is 1. The highest BCUT2D eigenvalue weighted by Crippen LogP contribution is 2.51. The van der Waals surface area contributed by atoms with Crippen molar-refractivity contribution in [3.05, 3.63) is 58.4 Å². The van der Waals surface area contributed by atoms with Gasteiger partial charge >= 0.3 is 5.97 Å². The molecule has 0 bridgehead atoms. The van der Waals surface area contributed by atoms with Gasteiger partial charge in [-0.25, -0.2) is 9.83 Å². The van der Waals surface area contributed by atoms with Gasteiger partial charge in [0.05, 0.1) is 18.6 Å². The molecule has 226 valence electrons. The van der Waals surface area contributed by atoms with E-state index in [1.54, 1.807) is 27.7 Å². The number of rotatable bonds is 10. The Hall–Kier alpha value is -4.09. The molecule has 1 aliphatic heterocycles. The minimum Gasteiger partial charge on any atom is -0.460 e. The number of carbonyl (C=O) groups is 3. The first-order chi connectivity index (χ1) is 20.4. The molecule has 1 saturated heterocycles. The van der Waals surface area contributed by atoms with E-state index in [9.17, 15) is 19.6 Å². The lowest BCUT2D eigenvalue weighted by Crippen LogP contribution is -2.46. The van der Waals surface area contributed by atoms with Crippen LogP contribution in [0.5, 0.6) is 0 Å². The van der Waals surface area contributed by atoms with E-state index in [2.05, 4.69) is 16.2 Å². The van der Waals surface area contributed by atoms with E-state index in [-0.39, 0.29) is 24.3 Å². The molecular formula is C32H38N6O4S. The lowest BCUT2D eigenvalue weighted by atomic mass is 10.0. The summed E-state index contributed by atoms with van der Waals surface area (Å²) in [6.07, 6.45) is 3.03. The lowest BCUT2D eigenvalue weighted by molar-refractivity contribution is -0.157. The molecule has 43 heavy (non-hydrogen) atoms. The van der Waals surface area contributed by atoms with Gasteiger partial charge in [0, 0.05) is 25.0 Å². The monoisotopic (exact) mass is 602 g/mol. The minimum absolute atomic E-state index is 0.00510. The Bertz CT molecular complexity index is 1450. The molecule has 2 aliphatic rings. The summed E-state index contributed by atoms with van der Waals surface area (Å²) in [7, 11) is 0. The number of carbonyl (C=O) groups excluding carboxylic acids is 3. The van der Waals surface area contributed by atoms with Crippen LogP contribution in [0.4, 0.5) is 11.5 Å². The lowest BCUT2D eigenvalue weighted by Gasteiger charge is -2.35. The number of ether oxygens (including phenoxy) is 1. The third-order valence-corrected chi connectivity index (χ3v) is 8.70. The van der Waals surface area contributed by atoms with Crippen LogP contribution in [0.3, 0.4) is 0 Å². The fourth-order valence-corrected chi connectivity index (χ4v) is 6.23. The van der Waals surface area contributed by atoms with Crippen LogP contribution in [-0.2, 0) is 19.1 Å². The predicted octanol–water partition coefficient (Wildman–Crippen LogP) is 5.15. The highest BCUT2D eigenvalue weighted by Gasteiger charge is 2.36. The molecule has 1 aromatic carbocycles. The van der Waals surface area contributed by atoms with Crippen molar-refractivity contribution in [2.45, 2.75) is 87.6 Å². The molecule has 2 atom stereocenters. The topological polar surface area (TPSA) is 143 Å². The molecule has 0 radical (unpaired) electrons. The highest BCUT2D eigenvalue weighted by atomic mass is 32.2. The van der Waals surface area contributed by atoms with Crippen molar-refractivity contribution in [2.24, 2.45) is 11.7 Å². The smallest absolute Gasteiger partial charge is 0.307 e. The number of amides is 2. The average molecular weight is 603 g/mol. The molecule has 11 heteroatoms. The number of nitrogens with one attached hydrogen (secondary N) is 1. The Balaban J connectivity index is 1.53. The number of nitrogens with two attached hydrogens (primary N) is 1. The quantitative estimate of drug-likeness (QED) is 0.216. The van der Waals surface area contributed by atoms with Gasteiger partial charge in [-0.15, -0.1) is 0 Å². The van der Waals surface area contributed by atoms with Gasteiger partial charge in [-0.05, 0) is 63.5 Å². The van der Waals surface area contributed by atoms with E-state index in [4.69, 9.17) is 22.0 Å². The van der Waals surface area contributed by atoms with Crippen LogP contribution >= 0.6 is 11.8 Å². The van der Waals surface area contributed by atoms with Crippen molar-refractivity contribution < 1.29 is 19.1 Å². The second-order valence-electron chi connectivity index (χ2n) is 12.1. The molecule has 2 heterocycles. The SMILES string of the molecule is [C-]#[N+]c1c(N2CCC(NC(=O)[C@@H](C)CC(=O)OC(C)(C)C)CC2)nc(SC(C(N)=O)c2ccccc2)c(C#N)c1C1CC1. The first-order valence-corrected chi connectivity index (χ1v) is 15.4. The summed E-state index contributed by atoms with van der Waals surface area (Å²) in [5, 5.41) is 12.9. The van der Waals surface area contributed by atoms with Gasteiger partial charge < -0.3 is 20.7 Å². The number of thioether (sulfide) groups is 1. The molecule has 2 fully saturated rings. The van der Waals surface area contributed by atoms with Crippen LogP contribution < -0.4 is 16.0 Å². The van der Waals surface area contributed by atoms with Crippen molar-refractivity contribution in [2.75, 3.05) is 18.0 Å². The largest absolute Gasteiger partial charge is 0.460 e. The second-order valence-corrected chi connectivity index (χ2v) is 13.2. The van der Waals surface area contributed by atoms with Crippen LogP contribution in [-0.4, -0.2) is 47.5 Å². The van der Waals surface area contributed by atoms with Crippen LogP contribution in [0.1, 0.15) is 87.7 Å². The average Bonchev–Trinajstić information content (AvgIpc) is 3.80. The molecule has 1 unspecified atom stereocenters. The van der Waals surface area contributed by atoms with Crippen LogP contribution in [0.25, 0.3) is 4.85 Å². The zero-order valence-corrected chi connectivity index (χ0v) is 25.9. The standard InChI is InChI=1S/C32H38N6O4S/c1-19(17-24(39)42-32(2,3)4)30(41)36-22-13-15-38(16-14-22)29-26(35-5)25(20-11-12-20)23(18-33)31(37-29)43-27(28(34)40)21-9-7-6-8-10-21/h6-10,19-20,22,27H,11-17H2,1-4H3,(H2,34,40)(H,36,41)/t19-,27?/m0/s1. The number of anilines is 1. The molecule has 10 nitrogen and oxygen atoms in total. The van der Waals surface area contributed by atoms with E-state index >= 15 is 0 Å². The molecule has 2 amide bonds. The van der Waals surface area contributed by atoms with E-state index in [1.807, 2.05) is 35.2 Å². The normalized spacial score (nSPS) is 16.8. The van der Waals surface area contributed by atoms with Crippen molar-refractivity contribution in [3.8, 4) is 6.07 Å². The van der Waals surface area contributed by atoms with Gasteiger partial charge in [0.2, 0.25) is 17.5 Å². The Labute approximate surface area is 257 Å². The maximum absolute atomic E-state index is 12.8. The number of aromatic nitrogens is 1. The highest BCUT2D eigenvalue weighted by molar-refractivity contribution is 8.00. The number of hydrogen-bond donors (Lipinski definition) is 2. The van der Waals surface area contributed by atoms with Crippen molar-refractivity contribution in [3.63, 3.8) is 0 Å². The van der Waals surface area contributed by atoms with Gasteiger partial charge in [0.1, 0.15) is 27.8 Å². The summed E-state index contributed by atoms with van der Waals surface area (Å²) in [4.78, 5) is 48.2. The summed E-state index contributed by atoms with van der Waals surface area (Å²) < 4.78 is 5.35. The first kappa shape index (κ1) is 31.8. The maximum atomic E-state index is 12.8. The van der Waals surface area contributed by atoms with Crippen LogP contribution in [0.15, 0.2) is 35.4 Å². The predicted molar refractivity (Wildman–Crippen MR) is 164 cm³/mol. The number of pyridine rings is 1. The zero-order chi connectivity index (χ0) is 31.3. The summed E-state index contributed by atoms with van der Waals surface area (Å²) in [5.41, 5.74) is 7.32. The van der Waals surface area contributed by atoms with Gasteiger partial charge in [0.15, 0.2) is 0 Å². The number of primary amides is 1. The Morgan fingerprint density at radius 1 is 1.21 bits per heavy atom. The summed E-state index contributed by atoms with van der Waals surface area (Å²) >= 11 is 1.15. The van der Waals surface area contributed by atoms with Crippen LogP contribution in [0, 0.1) is 23.8 Å². The summed E-state index contributed by atoms with van der Waals surface area (Å²) in [5.74, 6) is -1.07. The molecule has 0 spiro atoms. The molecule has 2 aromatic rings. The molecule has 1 aliphatic carbocycles. The second kappa shape index (κ2) is 13.5. The van der Waals surface area contributed by atoms with Crippen molar-refractivity contribution >= 4 is 41.1 Å². The van der Waals surface area contributed by atoms with Gasteiger partial charge in [0.25, 0.3) is 0 Å². The van der Waals surface area contributed by atoms with Gasteiger partial charge in [-0.3, -0.25) is 14.4 Å². The summed E-state index contributed by atoms with van der Waals surface area (Å²) in [6.45, 7) is 16.2. The molecule has 4 rings (SSSR count). The van der Waals surface area contributed by atoms with Crippen LogP contribution in [0.2, 0.25) is 0 Å². The number of nitrogens with zero attached hydrogens (tertiary/aromatic N) is 4. The number of piperidine rings is 1. The maximum Gasteiger partial charge on any atom is 0.307 e. The molecule has 1 saturated carbocycles. The van der Waals surface area contributed by atoms with E-state index in [0.717, 1.165) is 24.6 Å². The molecular weight excluding hydrogens is 564 g/mol. The third-order valence-electron chi connectivity index (χ3n) is 7.44. The number of hydrogen-bond acceptors (Lipinski definition) is 8. The van der Waals surface area contributed by atoms with Gasteiger partial charge in [-0.1, -0.05) is 49.0 Å². The fourth-order valence-electron chi connectivity index (χ4n) is 5.19. The Morgan fingerprint density at radius 2 is 1.86 bits per heavy atom. The van der Waals surface area contributed by atoms with Crippen molar-refractivity contribution in [1.29, 1.82) is 5.26 Å². The first-order valence-electron chi connectivity index (χ1n) is 14.5. The number of benzene rings is 1. The zero-order valence-electron chi connectivity index (χ0n) is 25.1. The van der Waals surface area contributed by atoms with Crippen molar-refractivity contribution in [1.82, 2.24) is 10.3 Å². The summed E-state index contributed by atoms with van der Waals surface area (Å²) in [6, 6.07) is 11.3.